The van der Waals surface area contributed by atoms with Gasteiger partial charge in [-0.3, -0.25) is 14.8 Å². The van der Waals surface area contributed by atoms with Crippen molar-refractivity contribution in [2.24, 2.45) is 0 Å². The molecule has 0 aromatic heterocycles. The molecule has 28 heavy (non-hydrogen) atoms. The molecule has 0 unspecified atom stereocenters. The summed E-state index contributed by atoms with van der Waals surface area (Å²) in [5, 5.41) is 11.4. The van der Waals surface area contributed by atoms with E-state index >= 15 is 0 Å². The van der Waals surface area contributed by atoms with E-state index < -0.39 is 17.5 Å². The van der Waals surface area contributed by atoms with Crippen molar-refractivity contribution in [3.8, 4) is 11.1 Å². The SMILES string of the molecule is O=C(NO)c1cccc(-c2cccc(C(=O)NCc3ccc(F)c(F)c3)c2)c1. The summed E-state index contributed by atoms with van der Waals surface area (Å²) in [6.45, 7) is 0.0480. The molecule has 0 aliphatic heterocycles. The molecule has 0 radical (unpaired) electrons. The van der Waals surface area contributed by atoms with Gasteiger partial charge in [0.2, 0.25) is 0 Å². The van der Waals surface area contributed by atoms with Gasteiger partial charge in [-0.2, -0.15) is 0 Å². The number of hydrogen-bond donors (Lipinski definition) is 3. The highest BCUT2D eigenvalue weighted by Gasteiger charge is 2.10. The average Bonchev–Trinajstić information content (AvgIpc) is 2.74. The van der Waals surface area contributed by atoms with Crippen LogP contribution in [0.1, 0.15) is 26.3 Å². The van der Waals surface area contributed by atoms with E-state index in [2.05, 4.69) is 5.32 Å². The van der Waals surface area contributed by atoms with Gasteiger partial charge in [-0.15, -0.1) is 0 Å². The predicted octanol–water partition coefficient (Wildman–Crippen LogP) is 3.68. The number of amides is 2. The van der Waals surface area contributed by atoms with Gasteiger partial charge in [0.1, 0.15) is 0 Å². The number of hydrogen-bond acceptors (Lipinski definition) is 3. The van der Waals surface area contributed by atoms with Gasteiger partial charge < -0.3 is 5.32 Å². The number of rotatable bonds is 5. The zero-order valence-corrected chi connectivity index (χ0v) is 14.6. The molecule has 0 atom stereocenters. The molecule has 0 bridgehead atoms. The van der Waals surface area contributed by atoms with Crippen LogP contribution in [0.4, 0.5) is 8.78 Å². The third-order valence-corrected chi connectivity index (χ3v) is 4.12. The van der Waals surface area contributed by atoms with E-state index in [-0.39, 0.29) is 18.0 Å². The fraction of sp³-hybridized carbons (Fsp3) is 0.0476. The van der Waals surface area contributed by atoms with Crippen molar-refractivity contribution in [2.45, 2.75) is 6.54 Å². The minimum atomic E-state index is -0.972. The Kier molecular flexibility index (Phi) is 5.76. The number of hydroxylamine groups is 1. The molecule has 0 aliphatic carbocycles. The summed E-state index contributed by atoms with van der Waals surface area (Å²) >= 11 is 0. The van der Waals surface area contributed by atoms with Gasteiger partial charge in [0.15, 0.2) is 11.6 Å². The zero-order valence-electron chi connectivity index (χ0n) is 14.6. The van der Waals surface area contributed by atoms with E-state index in [9.17, 15) is 18.4 Å². The van der Waals surface area contributed by atoms with Gasteiger partial charge in [-0.1, -0.05) is 30.3 Å². The van der Waals surface area contributed by atoms with E-state index in [1.165, 1.54) is 6.07 Å². The molecule has 0 heterocycles. The first-order valence-corrected chi connectivity index (χ1v) is 8.35. The first-order chi connectivity index (χ1) is 13.5. The molecule has 0 fully saturated rings. The van der Waals surface area contributed by atoms with Crippen molar-refractivity contribution in [3.63, 3.8) is 0 Å². The van der Waals surface area contributed by atoms with E-state index in [1.54, 1.807) is 54.0 Å². The molecule has 0 aliphatic rings. The van der Waals surface area contributed by atoms with Crippen LogP contribution in [-0.2, 0) is 6.54 Å². The number of benzene rings is 3. The largest absolute Gasteiger partial charge is 0.348 e. The Morgan fingerprint density at radius 2 is 1.39 bits per heavy atom. The van der Waals surface area contributed by atoms with Gasteiger partial charge in [0.25, 0.3) is 11.8 Å². The second-order valence-corrected chi connectivity index (χ2v) is 6.03. The first-order valence-electron chi connectivity index (χ1n) is 8.35. The maximum atomic E-state index is 13.3. The summed E-state index contributed by atoms with van der Waals surface area (Å²) in [5.74, 6) is -2.93. The first kappa shape index (κ1) is 19.2. The highest BCUT2D eigenvalue weighted by Crippen LogP contribution is 2.22. The van der Waals surface area contributed by atoms with Gasteiger partial charge in [-0.05, 0) is 53.1 Å². The Labute approximate surface area is 159 Å². The van der Waals surface area contributed by atoms with Crippen molar-refractivity contribution < 1.29 is 23.6 Å². The molecular formula is C21H16F2N2O3. The van der Waals surface area contributed by atoms with Crippen molar-refractivity contribution in [1.29, 1.82) is 0 Å². The summed E-state index contributed by atoms with van der Waals surface area (Å²) in [6, 6.07) is 16.7. The minimum Gasteiger partial charge on any atom is -0.348 e. The van der Waals surface area contributed by atoms with E-state index in [0.717, 1.165) is 12.1 Å². The van der Waals surface area contributed by atoms with Crippen molar-refractivity contribution in [2.75, 3.05) is 0 Å². The maximum absolute atomic E-state index is 13.3. The van der Waals surface area contributed by atoms with Crippen molar-refractivity contribution in [1.82, 2.24) is 10.8 Å². The van der Waals surface area contributed by atoms with Crippen LogP contribution in [0.3, 0.4) is 0 Å². The molecule has 3 N–H and O–H groups in total. The van der Waals surface area contributed by atoms with E-state index in [1.807, 2.05) is 0 Å². The number of carbonyl (C=O) groups is 2. The smallest absolute Gasteiger partial charge is 0.274 e. The Morgan fingerprint density at radius 3 is 1.96 bits per heavy atom. The van der Waals surface area contributed by atoms with Crippen LogP contribution in [0.25, 0.3) is 11.1 Å². The molecule has 142 valence electrons. The summed E-state index contributed by atoms with van der Waals surface area (Å²) in [7, 11) is 0. The van der Waals surface area contributed by atoms with Crippen LogP contribution in [0.2, 0.25) is 0 Å². The second kappa shape index (κ2) is 8.41. The van der Waals surface area contributed by atoms with Gasteiger partial charge in [-0.25, -0.2) is 14.3 Å². The molecular weight excluding hydrogens is 366 g/mol. The monoisotopic (exact) mass is 382 g/mol. The topological polar surface area (TPSA) is 78.4 Å². The molecule has 2 amide bonds. The molecule has 3 aromatic rings. The van der Waals surface area contributed by atoms with Crippen molar-refractivity contribution in [3.05, 3.63) is 95.1 Å². The van der Waals surface area contributed by atoms with E-state index in [4.69, 9.17) is 5.21 Å². The van der Waals surface area contributed by atoms with Crippen LogP contribution in [0.15, 0.2) is 66.7 Å². The van der Waals surface area contributed by atoms with Crippen LogP contribution in [0.5, 0.6) is 0 Å². The predicted molar refractivity (Wildman–Crippen MR) is 98.7 cm³/mol. The van der Waals surface area contributed by atoms with Crippen LogP contribution < -0.4 is 10.8 Å². The summed E-state index contributed by atoms with van der Waals surface area (Å²) in [5.41, 5.74) is 4.05. The maximum Gasteiger partial charge on any atom is 0.274 e. The van der Waals surface area contributed by atoms with Crippen molar-refractivity contribution >= 4 is 11.8 Å². The van der Waals surface area contributed by atoms with Gasteiger partial charge >= 0.3 is 0 Å². The normalized spacial score (nSPS) is 10.4. The van der Waals surface area contributed by atoms with Gasteiger partial charge in [0.05, 0.1) is 0 Å². The lowest BCUT2D eigenvalue weighted by molar-refractivity contribution is 0.0706. The number of nitrogens with one attached hydrogen (secondary N) is 2. The average molecular weight is 382 g/mol. The van der Waals surface area contributed by atoms with Crippen LogP contribution in [0, 0.1) is 11.6 Å². The number of carbonyl (C=O) groups excluding carboxylic acids is 2. The third kappa shape index (κ3) is 4.39. The molecule has 0 spiro atoms. The zero-order chi connectivity index (χ0) is 20.1. The summed E-state index contributed by atoms with van der Waals surface area (Å²) in [4.78, 5) is 24.0. The molecule has 7 heteroatoms. The summed E-state index contributed by atoms with van der Waals surface area (Å²) < 4.78 is 26.2. The lowest BCUT2D eigenvalue weighted by atomic mass is 10.0. The molecule has 0 saturated carbocycles. The fourth-order valence-corrected chi connectivity index (χ4v) is 2.68. The molecule has 3 aromatic carbocycles. The highest BCUT2D eigenvalue weighted by molar-refractivity contribution is 5.96. The van der Waals surface area contributed by atoms with E-state index in [0.29, 0.717) is 22.3 Å². The molecule has 5 nitrogen and oxygen atoms in total. The minimum absolute atomic E-state index is 0.0480. The lowest BCUT2D eigenvalue weighted by Crippen LogP contribution is -2.22. The molecule has 0 saturated heterocycles. The third-order valence-electron chi connectivity index (χ3n) is 4.12. The van der Waals surface area contributed by atoms with Gasteiger partial charge in [0, 0.05) is 17.7 Å². The van der Waals surface area contributed by atoms with Crippen LogP contribution >= 0.6 is 0 Å². The van der Waals surface area contributed by atoms with Crippen LogP contribution in [-0.4, -0.2) is 17.0 Å². The lowest BCUT2D eigenvalue weighted by Gasteiger charge is -2.09. The standard InChI is InChI=1S/C21H16F2N2O3/c22-18-8-7-13(9-19(18)23)12-24-20(26)16-5-1-3-14(10-16)15-4-2-6-17(11-15)21(27)25-28/h1-11,28H,12H2,(H,24,26)(H,25,27). The molecule has 3 rings (SSSR count). The summed E-state index contributed by atoms with van der Waals surface area (Å²) in [6.07, 6.45) is 0. The number of halogens is 2. The Hall–Kier alpha value is -3.58. The Morgan fingerprint density at radius 1 is 0.786 bits per heavy atom. The fourth-order valence-electron chi connectivity index (χ4n) is 2.68. The Balaban J connectivity index is 1.76. The highest BCUT2D eigenvalue weighted by atomic mass is 19.2. The second-order valence-electron chi connectivity index (χ2n) is 6.03. The quantitative estimate of drug-likeness (QED) is 0.465. The Bertz CT molecular complexity index is 1040.